The van der Waals surface area contributed by atoms with Gasteiger partial charge >= 0.3 is 0 Å². The first-order valence-corrected chi connectivity index (χ1v) is 11.7. The Morgan fingerprint density at radius 2 is 1.91 bits per heavy atom. The summed E-state index contributed by atoms with van der Waals surface area (Å²) in [5, 5.41) is 6.32. The minimum atomic E-state index is -0.570. The molecule has 1 aromatic heterocycles. The van der Waals surface area contributed by atoms with Gasteiger partial charge in [-0.25, -0.2) is 4.98 Å². The third-order valence-corrected chi connectivity index (χ3v) is 5.55. The largest absolute Gasteiger partial charge is 0.352 e. The Kier molecular flexibility index (Phi) is 10.2. The minimum absolute atomic E-state index is 0.0936. The molecule has 2 amide bonds. The first-order chi connectivity index (χ1) is 16.1. The molecule has 8 nitrogen and oxygen atoms in total. The molecule has 2 N–H and O–H groups in total. The van der Waals surface area contributed by atoms with Crippen LogP contribution < -0.4 is 10.6 Å². The average Bonchev–Trinajstić information content (AvgIpc) is 2.78. The second kappa shape index (κ2) is 12.8. The van der Waals surface area contributed by atoms with Gasteiger partial charge in [-0.05, 0) is 65.4 Å². The first-order valence-electron chi connectivity index (χ1n) is 11.7. The normalized spacial score (nSPS) is 13.1. The van der Waals surface area contributed by atoms with E-state index in [1.165, 1.54) is 11.0 Å². The fraction of sp³-hybridized carbons (Fsp3) is 0.462. The van der Waals surface area contributed by atoms with Crippen molar-refractivity contribution in [3.05, 3.63) is 59.6 Å². The van der Waals surface area contributed by atoms with Gasteiger partial charge in [-0.3, -0.25) is 14.6 Å². The van der Waals surface area contributed by atoms with Crippen molar-refractivity contribution < 1.29 is 9.59 Å². The number of nitrogens with one attached hydrogen (secondary N) is 2. The van der Waals surface area contributed by atoms with Crippen molar-refractivity contribution in [3.63, 3.8) is 0 Å². The molecule has 1 aromatic carbocycles. The summed E-state index contributed by atoms with van der Waals surface area (Å²) in [6, 6.07) is 7.36. The van der Waals surface area contributed by atoms with E-state index >= 15 is 0 Å². The topological polar surface area (TPSA) is 90.5 Å². The summed E-state index contributed by atoms with van der Waals surface area (Å²) in [7, 11) is 5.50. The van der Waals surface area contributed by atoms with Crippen LogP contribution in [0.1, 0.15) is 37.7 Å². The second-order valence-electron chi connectivity index (χ2n) is 8.87. The number of anilines is 2. The van der Waals surface area contributed by atoms with E-state index in [0.717, 1.165) is 29.1 Å². The Morgan fingerprint density at radius 3 is 2.56 bits per heavy atom. The van der Waals surface area contributed by atoms with Crippen LogP contribution in [-0.2, 0) is 22.4 Å². The van der Waals surface area contributed by atoms with Crippen molar-refractivity contribution in [2.24, 2.45) is 0 Å². The van der Waals surface area contributed by atoms with Gasteiger partial charge in [0.25, 0.3) is 0 Å². The summed E-state index contributed by atoms with van der Waals surface area (Å²) < 4.78 is 0. The highest BCUT2D eigenvalue weighted by atomic mass is 16.2. The highest BCUT2D eigenvalue weighted by molar-refractivity contribution is 5.92. The summed E-state index contributed by atoms with van der Waals surface area (Å²) in [6.07, 6.45) is 6.56. The zero-order valence-corrected chi connectivity index (χ0v) is 21.4. The molecule has 184 valence electrons. The molecule has 1 heterocycles. The van der Waals surface area contributed by atoms with Crippen molar-refractivity contribution in [2.75, 3.05) is 33.0 Å². The standard InChI is InChI=1S/C26H38N6O2/c1-8-23-19(3)29-24(17-27-23)30-22-12-9-11-21(16-22)15-18(2)28-26(34)20(4)32(7)25(33)13-10-14-31(5)6/h9-13,16-18,20H,8,14-15H2,1-7H3,(H,28,34)(H,29,30)/b13-10+/t18-,20-/m0/s1. The van der Waals surface area contributed by atoms with Crippen molar-refractivity contribution in [3.8, 4) is 0 Å². The molecule has 0 radical (unpaired) electrons. The fourth-order valence-electron chi connectivity index (χ4n) is 3.45. The van der Waals surface area contributed by atoms with Crippen molar-refractivity contribution >= 4 is 23.3 Å². The highest BCUT2D eigenvalue weighted by Crippen LogP contribution is 2.18. The lowest BCUT2D eigenvalue weighted by molar-refractivity contribution is -0.135. The molecule has 2 rings (SSSR count). The number of nitrogens with zero attached hydrogens (tertiary/aromatic N) is 4. The lowest BCUT2D eigenvalue weighted by Crippen LogP contribution is -2.48. The summed E-state index contributed by atoms with van der Waals surface area (Å²) in [4.78, 5) is 37.5. The highest BCUT2D eigenvalue weighted by Gasteiger charge is 2.22. The van der Waals surface area contributed by atoms with Gasteiger partial charge in [0, 0.05) is 31.4 Å². The van der Waals surface area contributed by atoms with E-state index in [4.69, 9.17) is 0 Å². The van der Waals surface area contributed by atoms with Gasteiger partial charge in [0.1, 0.15) is 11.9 Å². The molecule has 0 saturated heterocycles. The van der Waals surface area contributed by atoms with Gasteiger partial charge in [-0.1, -0.05) is 25.1 Å². The van der Waals surface area contributed by atoms with E-state index < -0.39 is 6.04 Å². The average molecular weight is 467 g/mol. The maximum absolute atomic E-state index is 12.7. The van der Waals surface area contributed by atoms with Crippen molar-refractivity contribution in [1.29, 1.82) is 0 Å². The van der Waals surface area contributed by atoms with Crippen LogP contribution >= 0.6 is 0 Å². The van der Waals surface area contributed by atoms with Crippen molar-refractivity contribution in [1.82, 2.24) is 25.1 Å². The second-order valence-corrected chi connectivity index (χ2v) is 8.87. The molecule has 0 unspecified atom stereocenters. The van der Waals surface area contributed by atoms with Crippen LogP contribution in [0.15, 0.2) is 42.6 Å². The number of amides is 2. The van der Waals surface area contributed by atoms with Crippen molar-refractivity contribution in [2.45, 2.75) is 52.6 Å². The van der Waals surface area contributed by atoms with E-state index in [9.17, 15) is 9.59 Å². The number of benzene rings is 1. The summed E-state index contributed by atoms with van der Waals surface area (Å²) >= 11 is 0. The van der Waals surface area contributed by atoms with Crippen LogP contribution in [0.25, 0.3) is 0 Å². The molecule has 0 aliphatic carbocycles. The summed E-state index contributed by atoms with van der Waals surface area (Å²) in [6.45, 7) is 8.39. The number of carbonyl (C=O) groups is 2. The number of rotatable bonds is 11. The smallest absolute Gasteiger partial charge is 0.246 e. The number of hydrogen-bond donors (Lipinski definition) is 2. The van der Waals surface area contributed by atoms with E-state index in [1.807, 2.05) is 57.1 Å². The third kappa shape index (κ3) is 8.26. The number of carbonyl (C=O) groups excluding carboxylic acids is 2. The van der Waals surface area contributed by atoms with Crippen LogP contribution in [0.4, 0.5) is 11.5 Å². The van der Waals surface area contributed by atoms with Gasteiger partial charge in [0.05, 0.1) is 17.6 Å². The van der Waals surface area contributed by atoms with E-state index in [-0.39, 0.29) is 17.9 Å². The summed E-state index contributed by atoms with van der Waals surface area (Å²) in [5.41, 5.74) is 3.91. The van der Waals surface area contributed by atoms with E-state index in [0.29, 0.717) is 18.8 Å². The Bertz CT molecular complexity index is 1000. The molecule has 0 aliphatic heterocycles. The molecule has 2 atom stereocenters. The third-order valence-electron chi connectivity index (χ3n) is 5.55. The van der Waals surface area contributed by atoms with Gasteiger partial charge in [-0.2, -0.15) is 0 Å². The quantitative estimate of drug-likeness (QED) is 0.495. The van der Waals surface area contributed by atoms with Gasteiger partial charge < -0.3 is 20.4 Å². The number of aromatic nitrogens is 2. The van der Waals surface area contributed by atoms with Gasteiger partial charge in [0.2, 0.25) is 11.8 Å². The van der Waals surface area contributed by atoms with Crippen LogP contribution in [0.3, 0.4) is 0 Å². The van der Waals surface area contributed by atoms with Gasteiger partial charge in [0.15, 0.2) is 0 Å². The lowest BCUT2D eigenvalue weighted by atomic mass is 10.1. The molecule has 0 spiro atoms. The molecular weight excluding hydrogens is 428 g/mol. The molecule has 8 heteroatoms. The number of likely N-dealkylation sites (N-methyl/N-ethyl adjacent to an activating group) is 2. The van der Waals surface area contributed by atoms with Crippen LogP contribution in [0.5, 0.6) is 0 Å². The predicted molar refractivity (Wildman–Crippen MR) is 137 cm³/mol. The Hall–Kier alpha value is -3.26. The Balaban J connectivity index is 1.93. The lowest BCUT2D eigenvalue weighted by Gasteiger charge is -2.25. The molecule has 0 aliphatic rings. The predicted octanol–water partition coefficient (Wildman–Crippen LogP) is 3.10. The zero-order valence-electron chi connectivity index (χ0n) is 21.4. The molecule has 0 fully saturated rings. The zero-order chi connectivity index (χ0) is 25.3. The van der Waals surface area contributed by atoms with E-state index in [2.05, 4.69) is 27.5 Å². The fourth-order valence-corrected chi connectivity index (χ4v) is 3.45. The molecule has 34 heavy (non-hydrogen) atoms. The van der Waals surface area contributed by atoms with E-state index in [1.54, 1.807) is 26.2 Å². The SMILES string of the molecule is CCc1ncc(Nc2cccc(C[C@H](C)NC(=O)[C@H](C)N(C)C(=O)/C=C/CN(C)C)c2)nc1C. The summed E-state index contributed by atoms with van der Waals surface area (Å²) in [5.74, 6) is 0.330. The molecule has 2 aromatic rings. The van der Waals surface area contributed by atoms with Gasteiger partial charge in [-0.15, -0.1) is 0 Å². The number of aryl methyl sites for hydroxylation is 2. The Labute approximate surface area is 203 Å². The number of hydrogen-bond acceptors (Lipinski definition) is 6. The van der Waals surface area contributed by atoms with Crippen LogP contribution in [0.2, 0.25) is 0 Å². The maximum Gasteiger partial charge on any atom is 0.246 e. The Morgan fingerprint density at radius 1 is 1.18 bits per heavy atom. The monoisotopic (exact) mass is 466 g/mol. The molecular formula is C26H38N6O2. The first kappa shape index (κ1) is 27.0. The van der Waals surface area contributed by atoms with Crippen LogP contribution in [-0.4, -0.2) is 71.4 Å². The molecule has 0 bridgehead atoms. The minimum Gasteiger partial charge on any atom is -0.352 e. The van der Waals surface area contributed by atoms with Crippen LogP contribution in [0, 0.1) is 6.92 Å². The molecule has 0 saturated carbocycles. The maximum atomic E-state index is 12.7.